The molecule has 1 heterocycles. The van der Waals surface area contributed by atoms with Crippen molar-refractivity contribution in [2.75, 3.05) is 32.7 Å². The van der Waals surface area contributed by atoms with Crippen molar-refractivity contribution in [3.8, 4) is 0 Å². The standard InChI is InChI=1S/C16H25BrClN3/c1-3-12(2)20-6-8-21(9-7-20)16(11-19)14-10-13(17)4-5-15(14)18/h4-5,10,12,16H,3,6-9,11,19H2,1-2H3. The Morgan fingerprint density at radius 2 is 1.86 bits per heavy atom. The summed E-state index contributed by atoms with van der Waals surface area (Å²) in [6, 6.07) is 6.88. The van der Waals surface area contributed by atoms with Crippen LogP contribution in [0.2, 0.25) is 5.02 Å². The Balaban J connectivity index is 2.08. The number of rotatable bonds is 5. The van der Waals surface area contributed by atoms with Crippen molar-refractivity contribution in [3.05, 3.63) is 33.3 Å². The van der Waals surface area contributed by atoms with E-state index in [0.717, 1.165) is 41.2 Å². The fraction of sp³-hybridized carbons (Fsp3) is 0.625. The first-order chi connectivity index (χ1) is 10.1. The average Bonchev–Trinajstić information content (AvgIpc) is 2.51. The van der Waals surface area contributed by atoms with Gasteiger partial charge in [-0.3, -0.25) is 9.80 Å². The predicted octanol–water partition coefficient (Wildman–Crippen LogP) is 3.52. The van der Waals surface area contributed by atoms with Gasteiger partial charge in [0.2, 0.25) is 0 Å². The Morgan fingerprint density at radius 3 is 2.43 bits per heavy atom. The maximum absolute atomic E-state index is 6.38. The Hall–Kier alpha value is -0.130. The Kier molecular flexibility index (Phi) is 6.51. The zero-order valence-corrected chi connectivity index (χ0v) is 15.2. The SMILES string of the molecule is CCC(C)N1CCN(C(CN)c2cc(Br)ccc2Cl)CC1. The lowest BCUT2D eigenvalue weighted by Gasteiger charge is -2.41. The van der Waals surface area contributed by atoms with Gasteiger partial charge in [-0.15, -0.1) is 0 Å². The van der Waals surface area contributed by atoms with Gasteiger partial charge < -0.3 is 5.73 Å². The topological polar surface area (TPSA) is 32.5 Å². The molecule has 2 unspecified atom stereocenters. The first kappa shape index (κ1) is 17.2. The Morgan fingerprint density at radius 1 is 1.24 bits per heavy atom. The minimum atomic E-state index is 0.203. The highest BCUT2D eigenvalue weighted by molar-refractivity contribution is 9.10. The van der Waals surface area contributed by atoms with Crippen LogP contribution in [-0.4, -0.2) is 48.6 Å². The highest BCUT2D eigenvalue weighted by atomic mass is 79.9. The number of hydrogen-bond donors (Lipinski definition) is 1. The third kappa shape index (κ3) is 4.20. The lowest BCUT2D eigenvalue weighted by molar-refractivity contribution is 0.0744. The van der Waals surface area contributed by atoms with Crippen LogP contribution in [0.4, 0.5) is 0 Å². The highest BCUT2D eigenvalue weighted by Gasteiger charge is 2.26. The maximum Gasteiger partial charge on any atom is 0.0486 e. The van der Waals surface area contributed by atoms with E-state index in [4.69, 9.17) is 17.3 Å². The smallest absolute Gasteiger partial charge is 0.0486 e. The summed E-state index contributed by atoms with van der Waals surface area (Å²) in [4.78, 5) is 5.03. The second kappa shape index (κ2) is 7.93. The van der Waals surface area contributed by atoms with Crippen molar-refractivity contribution in [1.29, 1.82) is 0 Å². The molecule has 1 saturated heterocycles. The van der Waals surface area contributed by atoms with Crippen LogP contribution in [-0.2, 0) is 0 Å². The van der Waals surface area contributed by atoms with Crippen LogP contribution < -0.4 is 5.73 Å². The lowest BCUT2D eigenvalue weighted by Crippen LogP contribution is -2.51. The average molecular weight is 375 g/mol. The quantitative estimate of drug-likeness (QED) is 0.856. The van der Waals surface area contributed by atoms with E-state index in [1.54, 1.807) is 0 Å². The van der Waals surface area contributed by atoms with Crippen molar-refractivity contribution >= 4 is 27.5 Å². The van der Waals surface area contributed by atoms with Crippen LogP contribution in [0, 0.1) is 0 Å². The second-order valence-electron chi connectivity index (χ2n) is 5.75. The van der Waals surface area contributed by atoms with E-state index in [9.17, 15) is 0 Å². The van der Waals surface area contributed by atoms with Crippen LogP contribution >= 0.6 is 27.5 Å². The zero-order chi connectivity index (χ0) is 15.4. The monoisotopic (exact) mass is 373 g/mol. The van der Waals surface area contributed by atoms with Gasteiger partial charge in [-0.1, -0.05) is 34.5 Å². The minimum absolute atomic E-state index is 0.203. The predicted molar refractivity (Wildman–Crippen MR) is 93.8 cm³/mol. The molecule has 1 aromatic rings. The molecule has 1 aliphatic heterocycles. The van der Waals surface area contributed by atoms with Gasteiger partial charge in [-0.2, -0.15) is 0 Å². The second-order valence-corrected chi connectivity index (χ2v) is 7.07. The number of piperazine rings is 1. The maximum atomic E-state index is 6.38. The van der Waals surface area contributed by atoms with Crippen molar-refractivity contribution in [1.82, 2.24) is 9.80 Å². The molecule has 0 saturated carbocycles. The minimum Gasteiger partial charge on any atom is -0.329 e. The first-order valence-corrected chi connectivity index (χ1v) is 8.87. The van der Waals surface area contributed by atoms with E-state index in [1.807, 2.05) is 12.1 Å². The molecule has 0 aromatic heterocycles. The Labute approximate surface area is 141 Å². The fourth-order valence-electron chi connectivity index (χ4n) is 2.99. The van der Waals surface area contributed by atoms with Crippen LogP contribution in [0.25, 0.3) is 0 Å². The van der Waals surface area contributed by atoms with E-state index in [0.29, 0.717) is 12.6 Å². The fourth-order valence-corrected chi connectivity index (χ4v) is 3.61. The molecule has 1 fully saturated rings. The number of nitrogens with zero attached hydrogens (tertiary/aromatic N) is 2. The number of halogens is 2. The van der Waals surface area contributed by atoms with Gasteiger partial charge >= 0.3 is 0 Å². The molecule has 5 heteroatoms. The highest BCUT2D eigenvalue weighted by Crippen LogP contribution is 2.30. The van der Waals surface area contributed by atoms with Crippen molar-refractivity contribution in [2.24, 2.45) is 5.73 Å². The van der Waals surface area contributed by atoms with Gasteiger partial charge in [0.05, 0.1) is 0 Å². The summed E-state index contributed by atoms with van der Waals surface area (Å²) in [5.74, 6) is 0. The third-order valence-corrected chi connectivity index (χ3v) is 5.38. The van der Waals surface area contributed by atoms with E-state index < -0.39 is 0 Å². The molecule has 21 heavy (non-hydrogen) atoms. The van der Waals surface area contributed by atoms with Crippen molar-refractivity contribution in [3.63, 3.8) is 0 Å². The van der Waals surface area contributed by atoms with E-state index in [2.05, 4.69) is 45.6 Å². The first-order valence-electron chi connectivity index (χ1n) is 7.70. The summed E-state index contributed by atoms with van der Waals surface area (Å²) < 4.78 is 1.05. The molecule has 1 aliphatic rings. The van der Waals surface area contributed by atoms with Gasteiger partial charge in [0.25, 0.3) is 0 Å². The van der Waals surface area contributed by atoms with Crippen molar-refractivity contribution < 1.29 is 0 Å². The van der Waals surface area contributed by atoms with Crippen LogP contribution in [0.5, 0.6) is 0 Å². The molecule has 0 bridgehead atoms. The number of hydrogen-bond acceptors (Lipinski definition) is 3. The van der Waals surface area contributed by atoms with Gasteiger partial charge in [0.15, 0.2) is 0 Å². The molecule has 0 amide bonds. The third-order valence-electron chi connectivity index (χ3n) is 4.54. The normalized spacial score (nSPS) is 20.4. The van der Waals surface area contributed by atoms with E-state index in [-0.39, 0.29) is 6.04 Å². The molecule has 118 valence electrons. The number of nitrogens with two attached hydrogens (primary N) is 1. The van der Waals surface area contributed by atoms with Crippen molar-refractivity contribution in [2.45, 2.75) is 32.4 Å². The zero-order valence-electron chi connectivity index (χ0n) is 12.9. The van der Waals surface area contributed by atoms with Gasteiger partial charge in [-0.25, -0.2) is 0 Å². The summed E-state index contributed by atoms with van der Waals surface area (Å²) in [7, 11) is 0. The largest absolute Gasteiger partial charge is 0.329 e. The van der Waals surface area contributed by atoms with Crippen LogP contribution in [0.1, 0.15) is 31.9 Å². The van der Waals surface area contributed by atoms with Gasteiger partial charge in [-0.05, 0) is 37.1 Å². The Bertz CT molecular complexity index is 461. The molecule has 2 atom stereocenters. The van der Waals surface area contributed by atoms with Gasteiger partial charge in [0.1, 0.15) is 0 Å². The summed E-state index contributed by atoms with van der Waals surface area (Å²) >= 11 is 9.91. The molecule has 1 aromatic carbocycles. The lowest BCUT2D eigenvalue weighted by atomic mass is 10.0. The van der Waals surface area contributed by atoms with E-state index >= 15 is 0 Å². The summed E-state index contributed by atoms with van der Waals surface area (Å²) in [6.45, 7) is 9.47. The molecule has 0 radical (unpaired) electrons. The molecular weight excluding hydrogens is 350 g/mol. The van der Waals surface area contributed by atoms with Gasteiger partial charge in [0, 0.05) is 54.3 Å². The molecule has 0 spiro atoms. The van der Waals surface area contributed by atoms with Crippen LogP contribution in [0.15, 0.2) is 22.7 Å². The van der Waals surface area contributed by atoms with E-state index in [1.165, 1.54) is 6.42 Å². The molecule has 3 nitrogen and oxygen atoms in total. The molecule has 2 rings (SSSR count). The molecular formula is C16H25BrClN3. The number of benzene rings is 1. The summed E-state index contributed by atoms with van der Waals surface area (Å²) in [5.41, 5.74) is 7.18. The summed E-state index contributed by atoms with van der Waals surface area (Å²) in [6.07, 6.45) is 1.21. The summed E-state index contributed by atoms with van der Waals surface area (Å²) in [5, 5.41) is 0.804. The molecule has 0 aliphatic carbocycles. The molecule has 2 N–H and O–H groups in total. The van der Waals surface area contributed by atoms with Crippen LogP contribution in [0.3, 0.4) is 0 Å².